The van der Waals surface area contributed by atoms with Crippen LogP contribution in [0.3, 0.4) is 0 Å². The van der Waals surface area contributed by atoms with Gasteiger partial charge in [-0.2, -0.15) is 0 Å². The second kappa shape index (κ2) is 7.81. The van der Waals surface area contributed by atoms with Gasteiger partial charge in [0.2, 0.25) is 0 Å². The first-order chi connectivity index (χ1) is 8.24. The average Bonchev–Trinajstić information content (AvgIpc) is 2.33. The molecule has 2 N–H and O–H groups in total. The minimum atomic E-state index is -0.778. The molecule has 0 saturated carbocycles. The summed E-state index contributed by atoms with van der Waals surface area (Å²) in [6, 6.07) is 8.02. The highest BCUT2D eigenvalue weighted by Crippen LogP contribution is 2.09. The van der Waals surface area contributed by atoms with Gasteiger partial charge in [0, 0.05) is 19.7 Å². The zero-order valence-corrected chi connectivity index (χ0v) is 10.1. The van der Waals surface area contributed by atoms with Crippen molar-refractivity contribution in [2.75, 3.05) is 13.2 Å². The molecule has 0 amide bonds. The molecule has 4 heteroatoms. The molecule has 0 bridgehead atoms. The standard InChI is InChI=1S/C13H19NO3/c1-2-17-10-12-6-4-3-5-11(12)9-14-8-7-13(15)16/h3-6,14H,2,7-10H2,1H3,(H,15,16). The van der Waals surface area contributed by atoms with Crippen molar-refractivity contribution in [1.82, 2.24) is 5.32 Å². The Morgan fingerprint density at radius 3 is 2.71 bits per heavy atom. The Hall–Kier alpha value is -1.39. The molecule has 94 valence electrons. The second-order valence-corrected chi connectivity index (χ2v) is 3.73. The van der Waals surface area contributed by atoms with Crippen LogP contribution in [0.1, 0.15) is 24.5 Å². The molecule has 0 heterocycles. The Balaban J connectivity index is 2.43. The third-order valence-corrected chi connectivity index (χ3v) is 2.41. The SMILES string of the molecule is CCOCc1ccccc1CNCCC(=O)O. The van der Waals surface area contributed by atoms with E-state index in [4.69, 9.17) is 9.84 Å². The molecule has 0 unspecified atom stereocenters. The first-order valence-corrected chi connectivity index (χ1v) is 5.81. The summed E-state index contributed by atoms with van der Waals surface area (Å²) in [4.78, 5) is 10.4. The number of ether oxygens (including phenoxy) is 1. The van der Waals surface area contributed by atoms with Gasteiger partial charge in [0.15, 0.2) is 0 Å². The van der Waals surface area contributed by atoms with E-state index >= 15 is 0 Å². The van der Waals surface area contributed by atoms with Crippen molar-refractivity contribution in [1.29, 1.82) is 0 Å². The quantitative estimate of drug-likeness (QED) is 0.677. The summed E-state index contributed by atoms with van der Waals surface area (Å²) in [6.07, 6.45) is 0.146. The Kier molecular flexibility index (Phi) is 6.29. The zero-order chi connectivity index (χ0) is 12.5. The van der Waals surface area contributed by atoms with Crippen molar-refractivity contribution < 1.29 is 14.6 Å². The van der Waals surface area contributed by atoms with E-state index in [1.54, 1.807) is 0 Å². The molecule has 4 nitrogen and oxygen atoms in total. The number of aliphatic carboxylic acids is 1. The molecule has 1 rings (SSSR count). The van der Waals surface area contributed by atoms with Gasteiger partial charge in [-0.1, -0.05) is 24.3 Å². The Morgan fingerprint density at radius 2 is 2.06 bits per heavy atom. The molecule has 0 aliphatic heterocycles. The fourth-order valence-corrected chi connectivity index (χ4v) is 1.50. The summed E-state index contributed by atoms with van der Waals surface area (Å²) in [5, 5.41) is 11.6. The highest BCUT2D eigenvalue weighted by atomic mass is 16.5. The molecule has 0 aliphatic rings. The van der Waals surface area contributed by atoms with Gasteiger partial charge in [0.1, 0.15) is 0 Å². The molecular formula is C13H19NO3. The highest BCUT2D eigenvalue weighted by Gasteiger charge is 2.02. The maximum absolute atomic E-state index is 10.4. The second-order valence-electron chi connectivity index (χ2n) is 3.73. The van der Waals surface area contributed by atoms with Gasteiger partial charge in [-0.25, -0.2) is 0 Å². The molecule has 0 fully saturated rings. The number of nitrogens with one attached hydrogen (secondary N) is 1. The van der Waals surface area contributed by atoms with E-state index in [9.17, 15) is 4.79 Å². The van der Waals surface area contributed by atoms with Crippen molar-refractivity contribution in [3.63, 3.8) is 0 Å². The normalized spacial score (nSPS) is 10.4. The largest absolute Gasteiger partial charge is 0.481 e. The van der Waals surface area contributed by atoms with E-state index in [1.165, 1.54) is 0 Å². The van der Waals surface area contributed by atoms with Crippen LogP contribution < -0.4 is 5.32 Å². The smallest absolute Gasteiger partial charge is 0.304 e. The van der Waals surface area contributed by atoms with Crippen molar-refractivity contribution in [2.24, 2.45) is 0 Å². The van der Waals surface area contributed by atoms with Crippen LogP contribution in [-0.2, 0) is 22.7 Å². The van der Waals surface area contributed by atoms with E-state index in [-0.39, 0.29) is 6.42 Å². The molecule has 0 saturated heterocycles. The molecular weight excluding hydrogens is 218 g/mol. The molecule has 1 aromatic rings. The molecule has 0 aliphatic carbocycles. The lowest BCUT2D eigenvalue weighted by atomic mass is 10.1. The first kappa shape index (κ1) is 13.7. The van der Waals surface area contributed by atoms with Gasteiger partial charge in [-0.3, -0.25) is 4.79 Å². The Bertz CT molecular complexity index is 352. The van der Waals surface area contributed by atoms with Crippen molar-refractivity contribution in [2.45, 2.75) is 26.5 Å². The number of hydrogen-bond acceptors (Lipinski definition) is 3. The van der Waals surface area contributed by atoms with Gasteiger partial charge >= 0.3 is 5.97 Å². The third kappa shape index (κ3) is 5.47. The molecule has 17 heavy (non-hydrogen) atoms. The lowest BCUT2D eigenvalue weighted by Gasteiger charge is -2.10. The van der Waals surface area contributed by atoms with E-state index in [1.807, 2.05) is 31.2 Å². The summed E-state index contributed by atoms with van der Waals surface area (Å²) in [6.45, 7) is 4.43. The summed E-state index contributed by atoms with van der Waals surface area (Å²) in [5.74, 6) is -0.778. The molecule has 0 aromatic heterocycles. The number of carboxylic acid groups (broad SMARTS) is 1. The van der Waals surface area contributed by atoms with E-state index < -0.39 is 5.97 Å². The van der Waals surface area contributed by atoms with Crippen molar-refractivity contribution in [3.8, 4) is 0 Å². The monoisotopic (exact) mass is 237 g/mol. The molecule has 1 aromatic carbocycles. The highest BCUT2D eigenvalue weighted by molar-refractivity contribution is 5.66. The average molecular weight is 237 g/mol. The number of carboxylic acids is 1. The Morgan fingerprint density at radius 1 is 1.35 bits per heavy atom. The van der Waals surface area contributed by atoms with Crippen LogP contribution >= 0.6 is 0 Å². The minimum Gasteiger partial charge on any atom is -0.481 e. The van der Waals surface area contributed by atoms with Crippen LogP contribution in [0.4, 0.5) is 0 Å². The lowest BCUT2D eigenvalue weighted by molar-refractivity contribution is -0.136. The fourth-order valence-electron chi connectivity index (χ4n) is 1.50. The zero-order valence-electron chi connectivity index (χ0n) is 10.1. The van der Waals surface area contributed by atoms with Gasteiger partial charge in [-0.15, -0.1) is 0 Å². The van der Waals surface area contributed by atoms with Crippen LogP contribution in [-0.4, -0.2) is 24.2 Å². The first-order valence-electron chi connectivity index (χ1n) is 5.81. The van der Waals surface area contributed by atoms with E-state index in [2.05, 4.69) is 5.32 Å². The summed E-state index contributed by atoms with van der Waals surface area (Å²) in [5.41, 5.74) is 2.31. The van der Waals surface area contributed by atoms with Gasteiger partial charge in [0.25, 0.3) is 0 Å². The van der Waals surface area contributed by atoms with E-state index in [0.29, 0.717) is 26.3 Å². The van der Waals surface area contributed by atoms with Gasteiger partial charge in [-0.05, 0) is 18.1 Å². The topological polar surface area (TPSA) is 58.6 Å². The van der Waals surface area contributed by atoms with Crippen LogP contribution in [0.15, 0.2) is 24.3 Å². The van der Waals surface area contributed by atoms with Gasteiger partial charge in [0.05, 0.1) is 13.0 Å². The summed E-state index contributed by atoms with van der Waals surface area (Å²) < 4.78 is 5.38. The maximum atomic E-state index is 10.4. The molecule has 0 atom stereocenters. The van der Waals surface area contributed by atoms with Crippen molar-refractivity contribution in [3.05, 3.63) is 35.4 Å². The van der Waals surface area contributed by atoms with Crippen molar-refractivity contribution >= 4 is 5.97 Å². The third-order valence-electron chi connectivity index (χ3n) is 2.41. The number of hydrogen-bond donors (Lipinski definition) is 2. The molecule has 0 radical (unpaired) electrons. The van der Waals surface area contributed by atoms with Gasteiger partial charge < -0.3 is 15.2 Å². The number of rotatable bonds is 8. The number of carbonyl (C=O) groups is 1. The minimum absolute atomic E-state index is 0.146. The fraction of sp³-hybridized carbons (Fsp3) is 0.462. The van der Waals surface area contributed by atoms with Crippen LogP contribution in [0.5, 0.6) is 0 Å². The molecule has 0 spiro atoms. The summed E-state index contributed by atoms with van der Waals surface area (Å²) >= 11 is 0. The maximum Gasteiger partial charge on any atom is 0.304 e. The predicted molar refractivity (Wildman–Crippen MR) is 65.7 cm³/mol. The number of benzene rings is 1. The van der Waals surface area contributed by atoms with Crippen LogP contribution in [0.25, 0.3) is 0 Å². The summed E-state index contributed by atoms with van der Waals surface area (Å²) in [7, 11) is 0. The van der Waals surface area contributed by atoms with Crippen LogP contribution in [0, 0.1) is 0 Å². The Labute approximate surface area is 102 Å². The predicted octanol–water partition coefficient (Wildman–Crippen LogP) is 1.79. The van der Waals surface area contributed by atoms with E-state index in [0.717, 1.165) is 11.1 Å². The lowest BCUT2D eigenvalue weighted by Crippen LogP contribution is -2.18. The van der Waals surface area contributed by atoms with Crippen LogP contribution in [0.2, 0.25) is 0 Å².